The lowest BCUT2D eigenvalue weighted by Gasteiger charge is -2.14. The molecule has 4 rings (SSSR count). The van der Waals surface area contributed by atoms with Crippen molar-refractivity contribution in [3.8, 4) is 11.6 Å². The molecule has 0 aliphatic heterocycles. The van der Waals surface area contributed by atoms with Crippen molar-refractivity contribution in [3.05, 3.63) is 104 Å². The lowest BCUT2D eigenvalue weighted by atomic mass is 10.1. The zero-order valence-electron chi connectivity index (χ0n) is 18.6. The van der Waals surface area contributed by atoms with Crippen molar-refractivity contribution < 1.29 is 19.4 Å². The number of hydrogen-bond donors (Lipinski definition) is 2. The lowest BCUT2D eigenvalue weighted by molar-refractivity contribution is 0.0526. The van der Waals surface area contributed by atoms with E-state index in [2.05, 4.69) is 26.5 Å². The third-order valence-corrected chi connectivity index (χ3v) is 5.73. The van der Waals surface area contributed by atoms with Gasteiger partial charge in [-0.15, -0.1) is 0 Å². The molecular weight excluding hydrogens is 514 g/mol. The van der Waals surface area contributed by atoms with Crippen molar-refractivity contribution in [2.45, 2.75) is 6.92 Å². The van der Waals surface area contributed by atoms with Crippen LogP contribution in [0.4, 0.5) is 0 Å². The minimum absolute atomic E-state index is 0.241. The first kappa shape index (κ1) is 23.9. The minimum atomic E-state index is -0.483. The largest absolute Gasteiger partial charge is 0.494 e. The molecule has 1 heterocycles. The first-order valence-electron chi connectivity index (χ1n) is 10.6. The molecular formula is C26H20BrN3O5. The van der Waals surface area contributed by atoms with E-state index in [0.29, 0.717) is 27.6 Å². The molecule has 0 saturated carbocycles. The number of aromatic hydroxyl groups is 1. The van der Waals surface area contributed by atoms with Gasteiger partial charge in [-0.3, -0.25) is 9.59 Å². The van der Waals surface area contributed by atoms with E-state index in [9.17, 15) is 19.5 Å². The number of aromatic nitrogens is 1. The van der Waals surface area contributed by atoms with Crippen LogP contribution < -0.4 is 11.0 Å². The van der Waals surface area contributed by atoms with Crippen LogP contribution in [0.5, 0.6) is 5.88 Å². The van der Waals surface area contributed by atoms with E-state index < -0.39 is 17.4 Å². The molecule has 0 unspecified atom stereocenters. The number of nitrogens with one attached hydrogen (secondary N) is 1. The van der Waals surface area contributed by atoms with E-state index in [1.165, 1.54) is 18.3 Å². The number of hydrogen-bond acceptors (Lipinski definition) is 6. The minimum Gasteiger partial charge on any atom is -0.494 e. The zero-order valence-corrected chi connectivity index (χ0v) is 20.2. The molecule has 1 aromatic heterocycles. The van der Waals surface area contributed by atoms with Gasteiger partial charge in [0.05, 0.1) is 29.6 Å². The first-order chi connectivity index (χ1) is 16.9. The van der Waals surface area contributed by atoms with Gasteiger partial charge in [0.25, 0.3) is 11.5 Å². The van der Waals surface area contributed by atoms with Crippen molar-refractivity contribution in [2.75, 3.05) is 6.61 Å². The fourth-order valence-corrected chi connectivity index (χ4v) is 3.78. The molecule has 2 N–H and O–H groups in total. The number of benzene rings is 3. The molecule has 0 aliphatic carbocycles. The second-order valence-electron chi connectivity index (χ2n) is 7.40. The second-order valence-corrected chi connectivity index (χ2v) is 8.31. The molecule has 35 heavy (non-hydrogen) atoms. The summed E-state index contributed by atoms with van der Waals surface area (Å²) in [4.78, 5) is 37.5. The highest BCUT2D eigenvalue weighted by atomic mass is 79.9. The zero-order chi connectivity index (χ0) is 24.9. The van der Waals surface area contributed by atoms with Gasteiger partial charge in [-0.2, -0.15) is 5.10 Å². The summed E-state index contributed by atoms with van der Waals surface area (Å²) in [5.41, 5.74) is 3.30. The van der Waals surface area contributed by atoms with Crippen LogP contribution in [0.25, 0.3) is 16.5 Å². The second kappa shape index (κ2) is 10.4. The molecule has 176 valence electrons. The fraction of sp³-hybridized carbons (Fsp3) is 0.0769. The molecule has 0 fully saturated rings. The van der Waals surface area contributed by atoms with Gasteiger partial charge in [0.2, 0.25) is 5.88 Å². The predicted octanol–water partition coefficient (Wildman–Crippen LogP) is 4.40. The topological polar surface area (TPSA) is 110 Å². The number of halogens is 1. The highest BCUT2D eigenvalue weighted by molar-refractivity contribution is 9.10. The Hall–Kier alpha value is -4.24. The predicted molar refractivity (Wildman–Crippen MR) is 136 cm³/mol. The summed E-state index contributed by atoms with van der Waals surface area (Å²) in [5, 5.41) is 15.9. The number of carbonyl (C=O) groups excluding carboxylic acids is 2. The third-order valence-electron chi connectivity index (χ3n) is 5.21. The van der Waals surface area contributed by atoms with Crippen molar-refractivity contribution >= 4 is 44.8 Å². The van der Waals surface area contributed by atoms with Crippen LogP contribution in [0.1, 0.15) is 33.2 Å². The van der Waals surface area contributed by atoms with Gasteiger partial charge in [0.15, 0.2) is 0 Å². The van der Waals surface area contributed by atoms with E-state index in [1.807, 2.05) is 0 Å². The molecule has 4 aromatic rings. The summed E-state index contributed by atoms with van der Waals surface area (Å²) < 4.78 is 6.95. The van der Waals surface area contributed by atoms with Crippen molar-refractivity contribution in [1.29, 1.82) is 0 Å². The summed E-state index contributed by atoms with van der Waals surface area (Å²) in [6.45, 7) is 1.95. The van der Waals surface area contributed by atoms with Crippen LogP contribution in [-0.4, -0.2) is 34.4 Å². The number of ether oxygens (including phenoxy) is 1. The van der Waals surface area contributed by atoms with Crippen LogP contribution in [0, 0.1) is 0 Å². The number of amides is 1. The standard InChI is InChI=1S/C26H20BrN3O5/c1-2-35-26(34)17-9-13-19(14-10-17)30-24(32)21-6-4-3-5-20(21)22(25(30)33)15-28-29-23(31)16-7-11-18(27)12-8-16/h3-15,33H,2H2,1H3,(H,29,31)/b28-15+. The molecule has 0 saturated heterocycles. The number of carbonyl (C=O) groups is 2. The molecule has 0 atom stereocenters. The smallest absolute Gasteiger partial charge is 0.338 e. The molecule has 0 radical (unpaired) electrons. The van der Waals surface area contributed by atoms with Crippen LogP contribution >= 0.6 is 15.9 Å². The maximum Gasteiger partial charge on any atom is 0.338 e. The van der Waals surface area contributed by atoms with Crippen molar-refractivity contribution in [1.82, 2.24) is 9.99 Å². The average molecular weight is 534 g/mol. The number of esters is 1. The molecule has 0 spiro atoms. The Bertz CT molecular complexity index is 1490. The number of nitrogens with zero attached hydrogens (tertiary/aromatic N) is 2. The van der Waals surface area contributed by atoms with Crippen LogP contribution in [0.15, 0.2) is 87.2 Å². The Kier molecular flexibility index (Phi) is 7.07. The Morgan fingerprint density at radius 1 is 1.00 bits per heavy atom. The van der Waals surface area contributed by atoms with Gasteiger partial charge < -0.3 is 9.84 Å². The third kappa shape index (κ3) is 4.99. The Morgan fingerprint density at radius 3 is 2.29 bits per heavy atom. The van der Waals surface area contributed by atoms with Crippen molar-refractivity contribution in [3.63, 3.8) is 0 Å². The van der Waals surface area contributed by atoms with Crippen LogP contribution in [0.2, 0.25) is 0 Å². The SMILES string of the molecule is CCOC(=O)c1ccc(-n2c(O)c(/C=N/NC(=O)c3ccc(Br)cc3)c3ccccc3c2=O)cc1. The Labute approximate surface area is 208 Å². The molecule has 9 heteroatoms. The molecule has 3 aromatic carbocycles. The van der Waals surface area contributed by atoms with Crippen LogP contribution in [0.3, 0.4) is 0 Å². The highest BCUT2D eigenvalue weighted by Gasteiger charge is 2.17. The summed E-state index contributed by atoms with van der Waals surface area (Å²) in [6.07, 6.45) is 1.29. The Balaban J connectivity index is 1.73. The maximum atomic E-state index is 13.2. The molecule has 0 bridgehead atoms. The van der Waals surface area contributed by atoms with Gasteiger partial charge in [0.1, 0.15) is 0 Å². The quantitative estimate of drug-likeness (QED) is 0.217. The lowest BCUT2D eigenvalue weighted by Crippen LogP contribution is -2.21. The number of fused-ring (bicyclic) bond motifs is 1. The number of pyridine rings is 1. The molecule has 8 nitrogen and oxygen atoms in total. The average Bonchev–Trinajstić information content (AvgIpc) is 2.87. The summed E-state index contributed by atoms with van der Waals surface area (Å²) in [5.74, 6) is -1.27. The Morgan fingerprint density at radius 2 is 1.63 bits per heavy atom. The van der Waals surface area contributed by atoms with E-state index in [1.54, 1.807) is 67.6 Å². The number of hydrazone groups is 1. The molecule has 1 amide bonds. The number of rotatable bonds is 6. The first-order valence-corrected chi connectivity index (χ1v) is 11.4. The van der Waals surface area contributed by atoms with Gasteiger partial charge in [0, 0.05) is 20.8 Å². The van der Waals surface area contributed by atoms with Gasteiger partial charge in [-0.05, 0) is 61.5 Å². The van der Waals surface area contributed by atoms with Gasteiger partial charge in [-0.1, -0.05) is 34.1 Å². The summed E-state index contributed by atoms with van der Waals surface area (Å²) in [7, 11) is 0. The van der Waals surface area contributed by atoms with E-state index in [4.69, 9.17) is 4.74 Å². The summed E-state index contributed by atoms with van der Waals surface area (Å²) >= 11 is 3.32. The summed E-state index contributed by atoms with van der Waals surface area (Å²) in [6, 6.07) is 19.6. The van der Waals surface area contributed by atoms with E-state index >= 15 is 0 Å². The normalized spacial score (nSPS) is 11.0. The highest BCUT2D eigenvalue weighted by Crippen LogP contribution is 2.26. The fourth-order valence-electron chi connectivity index (χ4n) is 3.51. The van der Waals surface area contributed by atoms with E-state index in [0.717, 1.165) is 9.04 Å². The maximum absolute atomic E-state index is 13.2. The molecule has 0 aliphatic rings. The monoisotopic (exact) mass is 533 g/mol. The van der Waals surface area contributed by atoms with Gasteiger partial charge in [-0.25, -0.2) is 14.8 Å². The van der Waals surface area contributed by atoms with Gasteiger partial charge >= 0.3 is 5.97 Å². The van der Waals surface area contributed by atoms with E-state index in [-0.39, 0.29) is 18.1 Å². The van der Waals surface area contributed by atoms with Crippen molar-refractivity contribution in [2.24, 2.45) is 5.10 Å². The van der Waals surface area contributed by atoms with Crippen LogP contribution in [-0.2, 0) is 4.74 Å².